The number of hydrogen-bond acceptors (Lipinski definition) is 4. The van der Waals surface area contributed by atoms with Gasteiger partial charge in [-0.05, 0) is 23.6 Å². The smallest absolute Gasteiger partial charge is 0.272 e. The van der Waals surface area contributed by atoms with Crippen LogP contribution in [-0.4, -0.2) is 24.5 Å². The van der Waals surface area contributed by atoms with Crippen molar-refractivity contribution >= 4 is 10.0 Å². The molecule has 19 heavy (non-hydrogen) atoms. The number of aromatic nitrogens is 2. The number of ether oxygens (including phenoxy) is 1. The molecule has 0 bridgehead atoms. The van der Waals surface area contributed by atoms with Crippen LogP contribution in [-0.2, 0) is 10.0 Å². The molecule has 0 fully saturated rings. The van der Waals surface area contributed by atoms with Gasteiger partial charge in [0, 0.05) is 12.4 Å². The summed E-state index contributed by atoms with van der Waals surface area (Å²) in [6.07, 6.45) is 4.09. The van der Waals surface area contributed by atoms with Crippen molar-refractivity contribution in [3.63, 3.8) is 0 Å². The zero-order valence-corrected chi connectivity index (χ0v) is 11.9. The minimum absolute atomic E-state index is 0.152. The molecule has 6 heteroatoms. The summed E-state index contributed by atoms with van der Waals surface area (Å²) in [5.74, 6) is 0.570. The lowest BCUT2D eigenvalue weighted by molar-refractivity contribution is 0.402. The van der Waals surface area contributed by atoms with Crippen molar-refractivity contribution in [3.8, 4) is 5.75 Å². The molecule has 0 saturated carbocycles. The second-order valence-electron chi connectivity index (χ2n) is 4.46. The highest BCUT2D eigenvalue weighted by molar-refractivity contribution is 7.90. The van der Waals surface area contributed by atoms with Gasteiger partial charge in [-0.3, -0.25) is 0 Å². The van der Waals surface area contributed by atoms with E-state index in [1.807, 2.05) is 19.9 Å². The molecular formula is C13H16N2O3S. The van der Waals surface area contributed by atoms with Gasteiger partial charge in [0.1, 0.15) is 17.0 Å². The second kappa shape index (κ2) is 5.05. The van der Waals surface area contributed by atoms with Crippen LogP contribution in [0, 0.1) is 0 Å². The molecule has 0 aliphatic carbocycles. The molecular weight excluding hydrogens is 264 g/mol. The van der Waals surface area contributed by atoms with Gasteiger partial charge in [-0.2, -0.15) is 0 Å². The molecule has 102 valence electrons. The third kappa shape index (κ3) is 2.49. The van der Waals surface area contributed by atoms with Crippen LogP contribution >= 0.6 is 0 Å². The Labute approximate surface area is 112 Å². The summed E-state index contributed by atoms with van der Waals surface area (Å²) in [5.41, 5.74) is 0.944. The average molecular weight is 280 g/mol. The van der Waals surface area contributed by atoms with Gasteiger partial charge < -0.3 is 4.74 Å². The van der Waals surface area contributed by atoms with E-state index >= 15 is 0 Å². The van der Waals surface area contributed by atoms with Gasteiger partial charge in [-0.25, -0.2) is 17.4 Å². The number of methoxy groups -OCH3 is 1. The second-order valence-corrected chi connectivity index (χ2v) is 6.27. The Morgan fingerprint density at radius 2 is 2.05 bits per heavy atom. The topological polar surface area (TPSA) is 61.2 Å². The lowest BCUT2D eigenvalue weighted by Crippen LogP contribution is -2.12. The highest BCUT2D eigenvalue weighted by Gasteiger charge is 2.22. The SMILES string of the molecule is COc1ccc(C(C)C)cc1S(=O)(=O)n1ccnc1. The van der Waals surface area contributed by atoms with Crippen LogP contribution in [0.5, 0.6) is 5.75 Å². The van der Waals surface area contributed by atoms with E-state index in [0.717, 1.165) is 9.54 Å². The van der Waals surface area contributed by atoms with Crippen LogP contribution in [0.25, 0.3) is 0 Å². The summed E-state index contributed by atoms with van der Waals surface area (Å²) in [4.78, 5) is 3.92. The fourth-order valence-electron chi connectivity index (χ4n) is 1.76. The van der Waals surface area contributed by atoms with Gasteiger partial charge in [0.2, 0.25) is 0 Å². The number of rotatable bonds is 4. The third-order valence-corrected chi connectivity index (χ3v) is 4.54. The van der Waals surface area contributed by atoms with E-state index in [9.17, 15) is 8.42 Å². The molecule has 0 atom stereocenters. The fourth-order valence-corrected chi connectivity index (χ4v) is 3.07. The lowest BCUT2D eigenvalue weighted by Gasteiger charge is -2.13. The van der Waals surface area contributed by atoms with E-state index in [4.69, 9.17) is 4.74 Å². The first kappa shape index (κ1) is 13.6. The largest absolute Gasteiger partial charge is 0.495 e. The fraction of sp³-hybridized carbons (Fsp3) is 0.308. The molecule has 0 spiro atoms. The van der Waals surface area contributed by atoms with Crippen molar-refractivity contribution in [2.24, 2.45) is 0 Å². The van der Waals surface area contributed by atoms with E-state index in [2.05, 4.69) is 4.98 Å². The number of nitrogens with zero attached hydrogens (tertiary/aromatic N) is 2. The van der Waals surface area contributed by atoms with Gasteiger partial charge in [-0.1, -0.05) is 19.9 Å². The zero-order chi connectivity index (χ0) is 14.0. The van der Waals surface area contributed by atoms with E-state index < -0.39 is 10.0 Å². The van der Waals surface area contributed by atoms with Crippen molar-refractivity contribution in [2.45, 2.75) is 24.7 Å². The molecule has 0 amide bonds. The quantitative estimate of drug-likeness (QED) is 0.861. The van der Waals surface area contributed by atoms with Gasteiger partial charge >= 0.3 is 0 Å². The van der Waals surface area contributed by atoms with E-state index in [-0.39, 0.29) is 10.8 Å². The normalized spacial score (nSPS) is 11.8. The Hall–Kier alpha value is -1.82. The van der Waals surface area contributed by atoms with Crippen LogP contribution < -0.4 is 4.74 Å². The molecule has 1 heterocycles. The Bertz CT molecular complexity index is 661. The number of hydrogen-bond donors (Lipinski definition) is 0. The highest BCUT2D eigenvalue weighted by Crippen LogP contribution is 2.29. The average Bonchev–Trinajstić information content (AvgIpc) is 2.92. The number of imidazole rings is 1. The monoisotopic (exact) mass is 280 g/mol. The zero-order valence-electron chi connectivity index (χ0n) is 11.1. The van der Waals surface area contributed by atoms with Crippen molar-refractivity contribution in [1.29, 1.82) is 0 Å². The van der Waals surface area contributed by atoms with Gasteiger partial charge in [0.25, 0.3) is 10.0 Å². The maximum Gasteiger partial charge on any atom is 0.272 e. The van der Waals surface area contributed by atoms with Crippen molar-refractivity contribution in [1.82, 2.24) is 8.96 Å². The lowest BCUT2D eigenvalue weighted by atomic mass is 10.0. The minimum Gasteiger partial charge on any atom is -0.495 e. The molecule has 2 aromatic rings. The molecule has 0 aliphatic rings. The van der Waals surface area contributed by atoms with E-state index in [0.29, 0.717) is 5.75 Å². The molecule has 0 aliphatic heterocycles. The Balaban J connectivity index is 2.63. The summed E-state index contributed by atoms with van der Waals surface area (Å²) in [6.45, 7) is 4.02. The first-order valence-corrected chi connectivity index (χ1v) is 7.32. The van der Waals surface area contributed by atoms with E-state index in [1.165, 1.54) is 25.8 Å². The molecule has 0 N–H and O–H groups in total. The maximum atomic E-state index is 12.5. The first-order chi connectivity index (χ1) is 8.96. The van der Waals surface area contributed by atoms with Crippen molar-refractivity contribution in [2.75, 3.05) is 7.11 Å². The molecule has 1 aromatic carbocycles. The standard InChI is InChI=1S/C13H16N2O3S/c1-10(2)11-4-5-12(18-3)13(8-11)19(16,17)15-7-6-14-9-15/h4-10H,1-3H3. The van der Waals surface area contributed by atoms with Crippen molar-refractivity contribution in [3.05, 3.63) is 42.5 Å². The molecule has 0 saturated heterocycles. The summed E-state index contributed by atoms with van der Waals surface area (Å²) < 4.78 is 31.2. The minimum atomic E-state index is -3.67. The Morgan fingerprint density at radius 3 is 2.58 bits per heavy atom. The molecule has 2 rings (SSSR count). The first-order valence-electron chi connectivity index (χ1n) is 5.88. The van der Waals surface area contributed by atoms with Crippen LogP contribution in [0.3, 0.4) is 0 Å². The Morgan fingerprint density at radius 1 is 1.32 bits per heavy atom. The van der Waals surface area contributed by atoms with E-state index in [1.54, 1.807) is 12.1 Å². The van der Waals surface area contributed by atoms with Crippen molar-refractivity contribution < 1.29 is 13.2 Å². The summed E-state index contributed by atoms with van der Waals surface area (Å²) in [6, 6.07) is 5.20. The Kier molecular flexibility index (Phi) is 3.61. The van der Waals surface area contributed by atoms with Gasteiger partial charge in [0.15, 0.2) is 0 Å². The molecule has 0 radical (unpaired) electrons. The maximum absolute atomic E-state index is 12.5. The summed E-state index contributed by atoms with van der Waals surface area (Å²) in [5, 5.41) is 0. The summed E-state index contributed by atoms with van der Waals surface area (Å²) in [7, 11) is -2.21. The molecule has 5 nitrogen and oxygen atoms in total. The third-order valence-electron chi connectivity index (χ3n) is 2.89. The predicted molar refractivity (Wildman–Crippen MR) is 71.9 cm³/mol. The summed E-state index contributed by atoms with van der Waals surface area (Å²) >= 11 is 0. The van der Waals surface area contributed by atoms with Gasteiger partial charge in [0.05, 0.1) is 7.11 Å². The molecule has 0 unspecified atom stereocenters. The number of benzene rings is 1. The highest BCUT2D eigenvalue weighted by atomic mass is 32.2. The predicted octanol–water partition coefficient (Wildman–Crippen LogP) is 2.25. The molecule has 1 aromatic heterocycles. The van der Waals surface area contributed by atoms with Crippen LogP contribution in [0.1, 0.15) is 25.3 Å². The van der Waals surface area contributed by atoms with Gasteiger partial charge in [-0.15, -0.1) is 0 Å². The van der Waals surface area contributed by atoms with Crippen LogP contribution in [0.4, 0.5) is 0 Å². The van der Waals surface area contributed by atoms with Crippen LogP contribution in [0.15, 0.2) is 41.8 Å². The van der Waals surface area contributed by atoms with Crippen LogP contribution in [0.2, 0.25) is 0 Å².